The van der Waals surface area contributed by atoms with Gasteiger partial charge in [0.1, 0.15) is 0 Å². The number of aliphatic hydroxyl groups is 1. The van der Waals surface area contributed by atoms with Gasteiger partial charge in [-0.25, -0.2) is 4.98 Å². The Morgan fingerprint density at radius 1 is 1.28 bits per heavy atom. The van der Waals surface area contributed by atoms with Crippen LogP contribution in [0.1, 0.15) is 45.4 Å². The van der Waals surface area contributed by atoms with Crippen molar-refractivity contribution in [3.63, 3.8) is 0 Å². The Morgan fingerprint density at radius 3 is 2.72 bits per heavy atom. The molecule has 29 heavy (non-hydrogen) atoms. The number of aliphatic hydroxyl groups excluding tert-OH is 1. The maximum absolute atomic E-state index is 12.8. The zero-order valence-corrected chi connectivity index (χ0v) is 17.9. The Kier molecular flexibility index (Phi) is 6.23. The van der Waals surface area contributed by atoms with Crippen LogP contribution in [0, 0.1) is 20.8 Å². The van der Waals surface area contributed by atoms with Crippen LogP contribution in [0.15, 0.2) is 30.5 Å². The van der Waals surface area contributed by atoms with Crippen molar-refractivity contribution in [1.82, 2.24) is 14.3 Å². The molecule has 0 aliphatic heterocycles. The number of pyridine rings is 1. The molecular weight excluding hydrogens is 364 g/mol. The Balaban J connectivity index is 2.02. The second-order valence-electron chi connectivity index (χ2n) is 7.49. The molecule has 0 fully saturated rings. The number of benzene rings is 1. The predicted molar refractivity (Wildman–Crippen MR) is 117 cm³/mol. The second kappa shape index (κ2) is 8.66. The summed E-state index contributed by atoms with van der Waals surface area (Å²) in [5.41, 5.74) is 8.00. The Labute approximate surface area is 172 Å². The van der Waals surface area contributed by atoms with Crippen molar-refractivity contribution in [3.8, 4) is 0 Å². The third-order valence-corrected chi connectivity index (χ3v) is 5.57. The highest BCUT2D eigenvalue weighted by molar-refractivity contribution is 5.96. The SMILES string of the molecule is CCc1cccc(C)c1CNc1cc(C(=O)N(C)CCO)cn2c(C)c(C)nc12. The third kappa shape index (κ3) is 4.12. The fraction of sp³-hybridized carbons (Fsp3) is 0.391. The van der Waals surface area contributed by atoms with Crippen LogP contribution in [0.4, 0.5) is 5.69 Å². The van der Waals surface area contributed by atoms with Crippen molar-refractivity contribution in [2.45, 2.75) is 40.7 Å². The van der Waals surface area contributed by atoms with E-state index in [0.717, 1.165) is 29.1 Å². The van der Waals surface area contributed by atoms with Gasteiger partial charge in [0.05, 0.1) is 23.6 Å². The molecule has 3 aromatic rings. The molecule has 1 aromatic carbocycles. The molecule has 6 nitrogen and oxygen atoms in total. The van der Waals surface area contributed by atoms with Gasteiger partial charge in [0.2, 0.25) is 0 Å². The molecule has 0 unspecified atom stereocenters. The molecule has 0 saturated carbocycles. The molecule has 0 atom stereocenters. The van der Waals surface area contributed by atoms with Gasteiger partial charge >= 0.3 is 0 Å². The van der Waals surface area contributed by atoms with Crippen molar-refractivity contribution in [2.75, 3.05) is 25.5 Å². The molecular formula is C23H30N4O2. The highest BCUT2D eigenvalue weighted by Gasteiger charge is 2.17. The molecule has 0 spiro atoms. The van der Waals surface area contributed by atoms with Crippen molar-refractivity contribution >= 4 is 17.2 Å². The number of carbonyl (C=O) groups excluding carboxylic acids is 1. The minimum atomic E-state index is -0.125. The number of carbonyl (C=O) groups is 1. The van der Waals surface area contributed by atoms with Crippen LogP contribution in [0.2, 0.25) is 0 Å². The van der Waals surface area contributed by atoms with Gasteiger partial charge < -0.3 is 19.7 Å². The van der Waals surface area contributed by atoms with E-state index >= 15 is 0 Å². The molecule has 154 valence electrons. The van der Waals surface area contributed by atoms with Gasteiger partial charge in [-0.05, 0) is 49.9 Å². The largest absolute Gasteiger partial charge is 0.395 e. The van der Waals surface area contributed by atoms with Crippen LogP contribution < -0.4 is 5.32 Å². The molecule has 1 amide bonds. The minimum Gasteiger partial charge on any atom is -0.395 e. The summed E-state index contributed by atoms with van der Waals surface area (Å²) in [5.74, 6) is -0.125. The van der Waals surface area contributed by atoms with Gasteiger partial charge in [-0.3, -0.25) is 4.79 Å². The highest BCUT2D eigenvalue weighted by Crippen LogP contribution is 2.24. The molecule has 3 rings (SSSR count). The number of rotatable bonds is 7. The summed E-state index contributed by atoms with van der Waals surface area (Å²) in [6.45, 7) is 9.16. The number of hydrogen-bond acceptors (Lipinski definition) is 4. The molecule has 2 aromatic heterocycles. The quantitative estimate of drug-likeness (QED) is 0.644. The van der Waals surface area contributed by atoms with E-state index in [4.69, 9.17) is 4.98 Å². The average molecular weight is 395 g/mol. The summed E-state index contributed by atoms with van der Waals surface area (Å²) in [6, 6.07) is 8.24. The maximum Gasteiger partial charge on any atom is 0.255 e. The Bertz CT molecular complexity index is 1040. The lowest BCUT2D eigenvalue weighted by molar-refractivity contribution is 0.0766. The number of likely N-dealkylation sites (N-methyl/N-ethyl adjacent to an activating group) is 1. The fourth-order valence-corrected chi connectivity index (χ4v) is 3.62. The van der Waals surface area contributed by atoms with Crippen molar-refractivity contribution < 1.29 is 9.90 Å². The molecule has 0 bridgehead atoms. The van der Waals surface area contributed by atoms with Gasteiger partial charge in [0.25, 0.3) is 5.91 Å². The van der Waals surface area contributed by atoms with Crippen LogP contribution >= 0.6 is 0 Å². The van der Waals surface area contributed by atoms with Crippen molar-refractivity contribution in [2.24, 2.45) is 0 Å². The summed E-state index contributed by atoms with van der Waals surface area (Å²) in [4.78, 5) is 19.1. The van der Waals surface area contributed by atoms with Crippen LogP contribution in [0.25, 0.3) is 5.65 Å². The Morgan fingerprint density at radius 2 is 2.03 bits per heavy atom. The highest BCUT2D eigenvalue weighted by atomic mass is 16.3. The lowest BCUT2D eigenvalue weighted by atomic mass is 10.00. The lowest BCUT2D eigenvalue weighted by Gasteiger charge is -2.18. The fourth-order valence-electron chi connectivity index (χ4n) is 3.62. The number of imidazole rings is 1. The number of amides is 1. The molecule has 2 heterocycles. The van der Waals surface area contributed by atoms with Crippen LogP contribution in [-0.2, 0) is 13.0 Å². The van der Waals surface area contributed by atoms with Crippen LogP contribution in [0.5, 0.6) is 0 Å². The minimum absolute atomic E-state index is 0.0636. The summed E-state index contributed by atoms with van der Waals surface area (Å²) in [5, 5.41) is 12.7. The molecule has 0 aliphatic carbocycles. The molecule has 2 N–H and O–H groups in total. The zero-order chi connectivity index (χ0) is 21.1. The average Bonchev–Trinajstić information content (AvgIpc) is 3.00. The van der Waals surface area contributed by atoms with E-state index in [2.05, 4.69) is 37.4 Å². The molecule has 0 aliphatic rings. The maximum atomic E-state index is 12.8. The summed E-state index contributed by atoms with van der Waals surface area (Å²) in [7, 11) is 1.70. The van der Waals surface area contributed by atoms with Gasteiger partial charge in [-0.2, -0.15) is 0 Å². The molecule has 0 saturated heterocycles. The van der Waals surface area contributed by atoms with E-state index in [1.807, 2.05) is 30.5 Å². The second-order valence-corrected chi connectivity index (χ2v) is 7.49. The lowest BCUT2D eigenvalue weighted by Crippen LogP contribution is -2.29. The Hall–Kier alpha value is -2.86. The topological polar surface area (TPSA) is 69.9 Å². The van der Waals surface area contributed by atoms with E-state index in [1.54, 1.807) is 7.05 Å². The van der Waals surface area contributed by atoms with Gasteiger partial charge in [0, 0.05) is 32.0 Å². The predicted octanol–water partition coefficient (Wildman–Crippen LogP) is 3.50. The number of aryl methyl sites for hydroxylation is 4. The summed E-state index contributed by atoms with van der Waals surface area (Å²) < 4.78 is 1.97. The van der Waals surface area contributed by atoms with E-state index in [-0.39, 0.29) is 12.5 Å². The summed E-state index contributed by atoms with van der Waals surface area (Å²) >= 11 is 0. The number of hydrogen-bond donors (Lipinski definition) is 2. The van der Waals surface area contributed by atoms with Crippen LogP contribution in [0.3, 0.4) is 0 Å². The number of nitrogens with zero attached hydrogens (tertiary/aromatic N) is 3. The first-order valence-corrected chi connectivity index (χ1v) is 10.0. The van der Waals surface area contributed by atoms with Gasteiger partial charge in [-0.15, -0.1) is 0 Å². The number of nitrogens with one attached hydrogen (secondary N) is 1. The van der Waals surface area contributed by atoms with Crippen molar-refractivity contribution in [1.29, 1.82) is 0 Å². The third-order valence-electron chi connectivity index (χ3n) is 5.57. The van der Waals surface area contributed by atoms with E-state index in [9.17, 15) is 9.90 Å². The standard InChI is InChI=1S/C23H30N4O2/c1-6-18-9-7-8-15(2)20(18)13-24-21-12-19(23(29)26(5)10-11-28)14-27-17(4)16(3)25-22(21)27/h7-9,12,14,24,28H,6,10-11,13H2,1-5H3. The van der Waals surface area contributed by atoms with E-state index in [1.165, 1.54) is 21.6 Å². The first-order valence-electron chi connectivity index (χ1n) is 10.0. The monoisotopic (exact) mass is 394 g/mol. The number of aromatic nitrogens is 2. The first-order chi connectivity index (χ1) is 13.9. The first kappa shape index (κ1) is 20.9. The molecule has 0 radical (unpaired) electrons. The summed E-state index contributed by atoms with van der Waals surface area (Å²) in [6.07, 6.45) is 2.80. The molecule has 6 heteroatoms. The van der Waals surface area contributed by atoms with Crippen LogP contribution in [-0.4, -0.2) is 45.5 Å². The number of fused-ring (bicyclic) bond motifs is 1. The number of anilines is 1. The van der Waals surface area contributed by atoms with Gasteiger partial charge in [-0.1, -0.05) is 25.1 Å². The van der Waals surface area contributed by atoms with E-state index in [0.29, 0.717) is 18.7 Å². The zero-order valence-electron chi connectivity index (χ0n) is 17.9. The van der Waals surface area contributed by atoms with Crippen molar-refractivity contribution in [3.05, 3.63) is 64.1 Å². The smallest absolute Gasteiger partial charge is 0.255 e. The van der Waals surface area contributed by atoms with Gasteiger partial charge in [0.15, 0.2) is 5.65 Å². The normalized spacial score (nSPS) is 11.1. The van der Waals surface area contributed by atoms with E-state index < -0.39 is 0 Å².